The zero-order valence-corrected chi connectivity index (χ0v) is 12.4. The Labute approximate surface area is 117 Å². The van der Waals surface area contributed by atoms with Gasteiger partial charge in [-0.2, -0.15) is 0 Å². The fraction of sp³-hybridized carbons (Fsp3) is 0.692. The van der Waals surface area contributed by atoms with Crippen LogP contribution in [0.1, 0.15) is 31.4 Å². The first-order valence-electron chi connectivity index (χ1n) is 6.52. The maximum absolute atomic E-state index is 5.51. The number of hydrogen-bond donors (Lipinski definition) is 1. The van der Waals surface area contributed by atoms with E-state index in [0.717, 1.165) is 29.2 Å². The Bertz CT molecular complexity index is 319. The Morgan fingerprint density at radius 2 is 1.94 bits per heavy atom. The van der Waals surface area contributed by atoms with Gasteiger partial charge in [-0.25, -0.2) is 0 Å². The lowest BCUT2D eigenvalue weighted by Gasteiger charge is -2.19. The summed E-state index contributed by atoms with van der Waals surface area (Å²) in [5.74, 6) is 1.03. The molecule has 2 heterocycles. The van der Waals surface area contributed by atoms with E-state index in [0.29, 0.717) is 0 Å². The highest BCUT2D eigenvalue weighted by Gasteiger charge is 2.08. The van der Waals surface area contributed by atoms with Crippen LogP contribution >= 0.6 is 22.6 Å². The number of nitrogens with zero attached hydrogens (tertiary/aromatic N) is 1. The van der Waals surface area contributed by atoms with Crippen molar-refractivity contribution in [1.29, 1.82) is 0 Å². The Kier molecular flexibility index (Phi) is 5.80. The number of likely N-dealkylation sites (tertiary alicyclic amines) is 1. The van der Waals surface area contributed by atoms with Gasteiger partial charge in [0.25, 0.3) is 0 Å². The van der Waals surface area contributed by atoms with E-state index in [1.807, 2.05) is 12.1 Å². The van der Waals surface area contributed by atoms with E-state index >= 15 is 0 Å². The second kappa shape index (κ2) is 7.38. The van der Waals surface area contributed by atoms with Gasteiger partial charge < -0.3 is 14.6 Å². The van der Waals surface area contributed by atoms with Crippen LogP contribution in [0.3, 0.4) is 0 Å². The molecule has 1 N–H and O–H groups in total. The van der Waals surface area contributed by atoms with Crippen LogP contribution in [0.25, 0.3) is 0 Å². The van der Waals surface area contributed by atoms with Gasteiger partial charge in [-0.05, 0) is 60.7 Å². The molecule has 2 rings (SSSR count). The molecule has 0 aromatic carbocycles. The van der Waals surface area contributed by atoms with Crippen molar-refractivity contribution in [3.05, 3.63) is 21.7 Å². The molecule has 1 aliphatic rings. The molecule has 0 aliphatic carbocycles. The van der Waals surface area contributed by atoms with Crippen molar-refractivity contribution in [2.75, 3.05) is 26.2 Å². The molecule has 0 bridgehead atoms. The van der Waals surface area contributed by atoms with Gasteiger partial charge in [0.2, 0.25) is 0 Å². The number of halogens is 1. The molecule has 0 amide bonds. The number of rotatable bonds is 5. The zero-order chi connectivity index (χ0) is 11.9. The summed E-state index contributed by atoms with van der Waals surface area (Å²) < 4.78 is 6.47. The highest BCUT2D eigenvalue weighted by molar-refractivity contribution is 14.1. The normalized spacial score (nSPS) is 18.2. The van der Waals surface area contributed by atoms with Crippen LogP contribution in [-0.4, -0.2) is 31.1 Å². The minimum atomic E-state index is 0.844. The summed E-state index contributed by atoms with van der Waals surface area (Å²) in [5.41, 5.74) is 0. The van der Waals surface area contributed by atoms with Gasteiger partial charge in [0.15, 0.2) is 3.77 Å². The third-order valence-electron chi connectivity index (χ3n) is 3.23. The second-order valence-corrected chi connectivity index (χ2v) is 5.70. The van der Waals surface area contributed by atoms with Gasteiger partial charge >= 0.3 is 0 Å². The SMILES string of the molecule is Ic1ccc(CNCCN2CCCCCC2)o1. The van der Waals surface area contributed by atoms with Crippen LogP contribution in [0.2, 0.25) is 0 Å². The maximum atomic E-state index is 5.51. The van der Waals surface area contributed by atoms with Crippen LogP contribution in [-0.2, 0) is 6.54 Å². The minimum absolute atomic E-state index is 0.844. The van der Waals surface area contributed by atoms with Crippen molar-refractivity contribution in [2.45, 2.75) is 32.2 Å². The summed E-state index contributed by atoms with van der Waals surface area (Å²) in [5, 5.41) is 3.44. The van der Waals surface area contributed by atoms with E-state index in [9.17, 15) is 0 Å². The van der Waals surface area contributed by atoms with Gasteiger partial charge in [0, 0.05) is 13.1 Å². The van der Waals surface area contributed by atoms with Crippen molar-refractivity contribution in [3.63, 3.8) is 0 Å². The molecule has 1 aromatic rings. The smallest absolute Gasteiger partial charge is 0.164 e. The summed E-state index contributed by atoms with van der Waals surface area (Å²) in [6.07, 6.45) is 5.57. The van der Waals surface area contributed by atoms with Crippen LogP contribution in [0, 0.1) is 3.77 Å². The lowest BCUT2D eigenvalue weighted by atomic mass is 10.2. The molecule has 1 saturated heterocycles. The summed E-state index contributed by atoms with van der Waals surface area (Å²) in [6, 6.07) is 4.05. The molecule has 0 saturated carbocycles. The first-order valence-corrected chi connectivity index (χ1v) is 7.60. The average molecular weight is 348 g/mol. The van der Waals surface area contributed by atoms with E-state index in [1.54, 1.807) is 0 Å². The van der Waals surface area contributed by atoms with Crippen LogP contribution in [0.15, 0.2) is 16.5 Å². The van der Waals surface area contributed by atoms with E-state index in [-0.39, 0.29) is 0 Å². The van der Waals surface area contributed by atoms with Gasteiger partial charge in [0.1, 0.15) is 5.76 Å². The predicted octanol–water partition coefficient (Wildman–Crippen LogP) is 2.85. The third kappa shape index (κ3) is 4.97. The summed E-state index contributed by atoms with van der Waals surface area (Å²) >= 11 is 2.20. The van der Waals surface area contributed by atoms with E-state index in [2.05, 4.69) is 32.8 Å². The lowest BCUT2D eigenvalue weighted by Crippen LogP contribution is -2.32. The number of furan rings is 1. The van der Waals surface area contributed by atoms with Crippen molar-refractivity contribution in [1.82, 2.24) is 10.2 Å². The molecule has 4 heteroatoms. The summed E-state index contributed by atoms with van der Waals surface area (Å²) in [6.45, 7) is 5.62. The van der Waals surface area contributed by atoms with Gasteiger partial charge in [0.05, 0.1) is 6.54 Å². The topological polar surface area (TPSA) is 28.4 Å². The monoisotopic (exact) mass is 348 g/mol. The quantitative estimate of drug-likeness (QED) is 0.655. The lowest BCUT2D eigenvalue weighted by molar-refractivity contribution is 0.282. The molecule has 0 spiro atoms. The summed E-state index contributed by atoms with van der Waals surface area (Å²) in [7, 11) is 0. The molecular formula is C13H21IN2O. The second-order valence-electron chi connectivity index (χ2n) is 4.64. The molecule has 0 atom stereocenters. The van der Waals surface area contributed by atoms with Crippen molar-refractivity contribution in [3.8, 4) is 0 Å². The first-order chi connectivity index (χ1) is 8.34. The Morgan fingerprint density at radius 1 is 1.18 bits per heavy atom. The molecule has 3 nitrogen and oxygen atoms in total. The van der Waals surface area contributed by atoms with Crippen LogP contribution in [0.5, 0.6) is 0 Å². The average Bonchev–Trinajstić information content (AvgIpc) is 2.59. The Morgan fingerprint density at radius 3 is 2.59 bits per heavy atom. The zero-order valence-electron chi connectivity index (χ0n) is 10.3. The highest BCUT2D eigenvalue weighted by Crippen LogP contribution is 2.10. The van der Waals surface area contributed by atoms with Crippen LogP contribution in [0.4, 0.5) is 0 Å². The molecule has 17 heavy (non-hydrogen) atoms. The highest BCUT2D eigenvalue weighted by atomic mass is 127. The van der Waals surface area contributed by atoms with E-state index in [4.69, 9.17) is 4.42 Å². The fourth-order valence-electron chi connectivity index (χ4n) is 2.26. The van der Waals surface area contributed by atoms with Crippen molar-refractivity contribution in [2.24, 2.45) is 0 Å². The molecule has 1 aromatic heterocycles. The van der Waals surface area contributed by atoms with Gasteiger partial charge in [-0.15, -0.1) is 0 Å². The first kappa shape index (κ1) is 13.4. The largest absolute Gasteiger partial charge is 0.454 e. The van der Waals surface area contributed by atoms with E-state index < -0.39 is 0 Å². The van der Waals surface area contributed by atoms with Crippen molar-refractivity contribution < 1.29 is 4.42 Å². The predicted molar refractivity (Wildman–Crippen MR) is 78.0 cm³/mol. The molecule has 96 valence electrons. The molecule has 1 aliphatic heterocycles. The minimum Gasteiger partial charge on any atom is -0.454 e. The van der Waals surface area contributed by atoms with E-state index in [1.165, 1.54) is 38.8 Å². The molecular weight excluding hydrogens is 327 g/mol. The number of hydrogen-bond acceptors (Lipinski definition) is 3. The standard InChI is InChI=1S/C13H21IN2O/c14-13-6-5-12(17-13)11-15-7-10-16-8-3-1-2-4-9-16/h5-6,15H,1-4,7-11H2. The third-order valence-corrected chi connectivity index (χ3v) is 3.81. The van der Waals surface area contributed by atoms with Crippen LogP contribution < -0.4 is 5.32 Å². The van der Waals surface area contributed by atoms with Gasteiger partial charge in [-0.3, -0.25) is 0 Å². The van der Waals surface area contributed by atoms with Crippen molar-refractivity contribution >= 4 is 22.6 Å². The Hall–Kier alpha value is -0.0700. The Balaban J connectivity index is 1.59. The summed E-state index contributed by atoms with van der Waals surface area (Å²) in [4.78, 5) is 2.58. The van der Waals surface area contributed by atoms with Gasteiger partial charge in [-0.1, -0.05) is 12.8 Å². The number of nitrogens with one attached hydrogen (secondary N) is 1. The molecule has 0 radical (unpaired) electrons. The molecule has 1 fully saturated rings. The maximum Gasteiger partial charge on any atom is 0.164 e. The molecule has 0 unspecified atom stereocenters. The fourth-order valence-corrected chi connectivity index (χ4v) is 2.72.